The Morgan fingerprint density at radius 2 is 1.77 bits per heavy atom. The van der Waals surface area contributed by atoms with Crippen molar-refractivity contribution >= 4 is 15.9 Å². The van der Waals surface area contributed by atoms with Gasteiger partial charge in [-0.05, 0) is 24.8 Å². The number of piperidine rings is 1. The summed E-state index contributed by atoms with van der Waals surface area (Å²) >= 11 is 0. The molecule has 1 aromatic rings. The molecule has 1 aromatic carbocycles. The van der Waals surface area contributed by atoms with Crippen molar-refractivity contribution < 1.29 is 13.2 Å². The third-order valence-electron chi connectivity index (χ3n) is 3.95. The van der Waals surface area contributed by atoms with Gasteiger partial charge in [0.15, 0.2) is 0 Å². The van der Waals surface area contributed by atoms with Crippen molar-refractivity contribution in [3.63, 3.8) is 0 Å². The number of hydrogen-bond donors (Lipinski definition) is 0. The lowest BCUT2D eigenvalue weighted by molar-refractivity contribution is -0.132. The standard InChI is InChI=1S/C16H24N2O3S/c1-22(20,21)18(14-15-8-4-2-5-9-15)13-10-16(19)17-11-6-3-7-12-17/h2,4-5,8-9H,3,6-7,10-14H2,1H3. The minimum absolute atomic E-state index is 0.0569. The van der Waals surface area contributed by atoms with E-state index in [9.17, 15) is 13.2 Å². The van der Waals surface area contributed by atoms with Crippen molar-refractivity contribution in [3.8, 4) is 0 Å². The Balaban J connectivity index is 1.94. The van der Waals surface area contributed by atoms with Crippen molar-refractivity contribution in [1.82, 2.24) is 9.21 Å². The first-order valence-corrected chi connectivity index (χ1v) is 9.58. The van der Waals surface area contributed by atoms with Crippen LogP contribution in [0.3, 0.4) is 0 Å². The van der Waals surface area contributed by atoms with Gasteiger partial charge >= 0.3 is 0 Å². The number of rotatable bonds is 6. The molecule has 0 aromatic heterocycles. The maximum Gasteiger partial charge on any atom is 0.223 e. The van der Waals surface area contributed by atoms with Gasteiger partial charge in [0.1, 0.15) is 0 Å². The fourth-order valence-electron chi connectivity index (χ4n) is 2.67. The van der Waals surface area contributed by atoms with E-state index in [-0.39, 0.29) is 18.9 Å². The lowest BCUT2D eigenvalue weighted by Gasteiger charge is -2.28. The number of carbonyl (C=O) groups excluding carboxylic acids is 1. The molecule has 1 heterocycles. The van der Waals surface area contributed by atoms with Gasteiger partial charge in [-0.2, -0.15) is 4.31 Å². The lowest BCUT2D eigenvalue weighted by Crippen LogP contribution is -2.38. The average molecular weight is 324 g/mol. The second-order valence-corrected chi connectivity index (χ2v) is 7.76. The van der Waals surface area contributed by atoms with Crippen LogP contribution in [0.25, 0.3) is 0 Å². The Morgan fingerprint density at radius 1 is 1.14 bits per heavy atom. The van der Waals surface area contributed by atoms with E-state index in [4.69, 9.17) is 0 Å². The van der Waals surface area contributed by atoms with Crippen LogP contribution in [-0.4, -0.2) is 49.4 Å². The summed E-state index contributed by atoms with van der Waals surface area (Å²) in [6, 6.07) is 9.45. The van der Waals surface area contributed by atoms with Crippen LogP contribution in [0, 0.1) is 0 Å². The second kappa shape index (κ2) is 7.74. The zero-order valence-electron chi connectivity index (χ0n) is 13.1. The molecule has 0 aliphatic carbocycles. The number of sulfonamides is 1. The van der Waals surface area contributed by atoms with Crippen LogP contribution in [0.1, 0.15) is 31.2 Å². The highest BCUT2D eigenvalue weighted by molar-refractivity contribution is 7.88. The van der Waals surface area contributed by atoms with Crippen LogP contribution in [0.4, 0.5) is 0 Å². The van der Waals surface area contributed by atoms with Gasteiger partial charge in [-0.1, -0.05) is 30.3 Å². The molecule has 0 N–H and O–H groups in total. The average Bonchev–Trinajstić information content (AvgIpc) is 2.52. The van der Waals surface area contributed by atoms with Crippen molar-refractivity contribution in [3.05, 3.63) is 35.9 Å². The molecule has 1 aliphatic heterocycles. The molecule has 2 rings (SSSR count). The number of amides is 1. The molecule has 1 aliphatic rings. The molecule has 6 heteroatoms. The fraction of sp³-hybridized carbons (Fsp3) is 0.562. The SMILES string of the molecule is CS(=O)(=O)N(CCC(=O)N1CCCCC1)Cc1ccccc1. The van der Waals surface area contributed by atoms with E-state index in [2.05, 4.69) is 0 Å². The molecule has 0 spiro atoms. The fourth-order valence-corrected chi connectivity index (χ4v) is 3.48. The highest BCUT2D eigenvalue weighted by Crippen LogP contribution is 2.12. The van der Waals surface area contributed by atoms with Crippen molar-refractivity contribution in [1.29, 1.82) is 0 Å². The Bertz CT molecular complexity index is 581. The van der Waals surface area contributed by atoms with Gasteiger partial charge < -0.3 is 4.90 Å². The smallest absolute Gasteiger partial charge is 0.223 e. The zero-order chi connectivity index (χ0) is 16.0. The highest BCUT2D eigenvalue weighted by atomic mass is 32.2. The molecule has 1 fully saturated rings. The molecular weight excluding hydrogens is 300 g/mol. The van der Waals surface area contributed by atoms with Crippen LogP contribution in [-0.2, 0) is 21.4 Å². The van der Waals surface area contributed by atoms with Gasteiger partial charge in [0, 0.05) is 32.6 Å². The highest BCUT2D eigenvalue weighted by Gasteiger charge is 2.21. The van der Waals surface area contributed by atoms with Gasteiger partial charge in [-0.25, -0.2) is 8.42 Å². The summed E-state index contributed by atoms with van der Waals surface area (Å²) in [7, 11) is -3.33. The summed E-state index contributed by atoms with van der Waals surface area (Å²) in [5, 5.41) is 0. The maximum atomic E-state index is 12.2. The largest absolute Gasteiger partial charge is 0.343 e. The predicted molar refractivity (Wildman–Crippen MR) is 86.7 cm³/mol. The van der Waals surface area contributed by atoms with E-state index in [0.717, 1.165) is 31.5 Å². The third-order valence-corrected chi connectivity index (χ3v) is 5.20. The molecule has 1 saturated heterocycles. The summed E-state index contributed by atoms with van der Waals surface area (Å²) in [5.41, 5.74) is 0.929. The van der Waals surface area contributed by atoms with E-state index in [1.54, 1.807) is 0 Å². The van der Waals surface area contributed by atoms with Crippen LogP contribution < -0.4 is 0 Å². The molecule has 5 nitrogen and oxygen atoms in total. The minimum atomic E-state index is -3.33. The molecule has 122 valence electrons. The van der Waals surface area contributed by atoms with Crippen LogP contribution >= 0.6 is 0 Å². The van der Waals surface area contributed by atoms with Crippen molar-refractivity contribution in [2.75, 3.05) is 25.9 Å². The minimum Gasteiger partial charge on any atom is -0.343 e. The monoisotopic (exact) mass is 324 g/mol. The molecule has 0 radical (unpaired) electrons. The molecule has 22 heavy (non-hydrogen) atoms. The Morgan fingerprint density at radius 3 is 2.36 bits per heavy atom. The maximum absolute atomic E-state index is 12.2. The normalized spacial score (nSPS) is 16.0. The molecule has 0 atom stereocenters. The first-order chi connectivity index (χ1) is 10.5. The number of nitrogens with zero attached hydrogens (tertiary/aromatic N) is 2. The van der Waals surface area contributed by atoms with E-state index >= 15 is 0 Å². The quantitative estimate of drug-likeness (QED) is 0.802. The van der Waals surface area contributed by atoms with Crippen molar-refractivity contribution in [2.24, 2.45) is 0 Å². The van der Waals surface area contributed by atoms with E-state index in [0.29, 0.717) is 6.54 Å². The Hall–Kier alpha value is -1.40. The van der Waals surface area contributed by atoms with Gasteiger partial charge in [0.2, 0.25) is 15.9 Å². The molecule has 0 unspecified atom stereocenters. The molecule has 0 bridgehead atoms. The van der Waals surface area contributed by atoms with Crippen LogP contribution in [0.15, 0.2) is 30.3 Å². The molecule has 1 amide bonds. The first kappa shape index (κ1) is 17.0. The summed E-state index contributed by atoms with van der Waals surface area (Å²) in [6.07, 6.45) is 4.71. The summed E-state index contributed by atoms with van der Waals surface area (Å²) in [6.45, 7) is 2.16. The molecular formula is C16H24N2O3S. The number of benzene rings is 1. The zero-order valence-corrected chi connectivity index (χ0v) is 13.9. The summed E-state index contributed by atoms with van der Waals surface area (Å²) in [4.78, 5) is 14.0. The summed E-state index contributed by atoms with van der Waals surface area (Å²) in [5.74, 6) is 0.0569. The van der Waals surface area contributed by atoms with E-state index < -0.39 is 10.0 Å². The topological polar surface area (TPSA) is 57.7 Å². The van der Waals surface area contributed by atoms with Gasteiger partial charge in [-0.15, -0.1) is 0 Å². The second-order valence-electron chi connectivity index (χ2n) is 5.77. The Labute approximate surface area is 133 Å². The van der Waals surface area contributed by atoms with Gasteiger partial charge in [0.05, 0.1) is 6.26 Å². The first-order valence-electron chi connectivity index (χ1n) is 7.73. The lowest BCUT2D eigenvalue weighted by atomic mass is 10.1. The van der Waals surface area contributed by atoms with Crippen LogP contribution in [0.2, 0.25) is 0 Å². The third kappa shape index (κ3) is 5.10. The van der Waals surface area contributed by atoms with Gasteiger partial charge in [0.25, 0.3) is 0 Å². The number of hydrogen-bond acceptors (Lipinski definition) is 3. The van der Waals surface area contributed by atoms with Crippen LogP contribution in [0.5, 0.6) is 0 Å². The van der Waals surface area contributed by atoms with E-state index in [1.165, 1.54) is 17.0 Å². The number of carbonyl (C=O) groups is 1. The molecule has 0 saturated carbocycles. The van der Waals surface area contributed by atoms with Crippen molar-refractivity contribution in [2.45, 2.75) is 32.2 Å². The number of likely N-dealkylation sites (tertiary alicyclic amines) is 1. The van der Waals surface area contributed by atoms with Gasteiger partial charge in [-0.3, -0.25) is 4.79 Å². The summed E-state index contributed by atoms with van der Waals surface area (Å²) < 4.78 is 25.2. The van der Waals surface area contributed by atoms with E-state index in [1.807, 2.05) is 35.2 Å². The predicted octanol–water partition coefficient (Wildman–Crippen LogP) is 1.85. The Kier molecular flexibility index (Phi) is 5.97.